The predicted octanol–water partition coefficient (Wildman–Crippen LogP) is 2.62. The SMILES string of the molecule is O=C(O)c1cc(NC(=O)c2ccc(F)cc2F)ccc1O. The van der Waals surface area contributed by atoms with E-state index in [0.717, 1.165) is 24.3 Å². The van der Waals surface area contributed by atoms with Gasteiger partial charge in [-0.1, -0.05) is 0 Å². The van der Waals surface area contributed by atoms with Gasteiger partial charge in [-0.25, -0.2) is 13.6 Å². The number of nitrogens with one attached hydrogen (secondary N) is 1. The molecule has 0 aromatic heterocycles. The monoisotopic (exact) mass is 293 g/mol. The maximum atomic E-state index is 13.4. The molecule has 108 valence electrons. The summed E-state index contributed by atoms with van der Waals surface area (Å²) in [6.45, 7) is 0. The van der Waals surface area contributed by atoms with Gasteiger partial charge in [0, 0.05) is 11.8 Å². The number of carboxylic acids is 1. The van der Waals surface area contributed by atoms with Crippen molar-refractivity contribution in [3.63, 3.8) is 0 Å². The van der Waals surface area contributed by atoms with Gasteiger partial charge in [0.15, 0.2) is 0 Å². The van der Waals surface area contributed by atoms with Crippen molar-refractivity contribution in [1.29, 1.82) is 0 Å². The molecule has 0 aliphatic rings. The predicted molar refractivity (Wildman–Crippen MR) is 69.4 cm³/mol. The summed E-state index contributed by atoms with van der Waals surface area (Å²) in [4.78, 5) is 22.7. The first-order valence-electron chi connectivity index (χ1n) is 5.71. The number of aromatic carboxylic acids is 1. The lowest BCUT2D eigenvalue weighted by Gasteiger charge is -2.08. The van der Waals surface area contributed by atoms with Gasteiger partial charge in [-0.05, 0) is 30.3 Å². The molecule has 2 rings (SSSR count). The Morgan fingerprint density at radius 3 is 2.33 bits per heavy atom. The average Bonchev–Trinajstić information content (AvgIpc) is 2.40. The fourth-order valence-corrected chi connectivity index (χ4v) is 1.66. The second-order valence-corrected chi connectivity index (χ2v) is 4.12. The number of rotatable bonds is 3. The molecule has 0 atom stereocenters. The van der Waals surface area contributed by atoms with Crippen molar-refractivity contribution in [2.24, 2.45) is 0 Å². The van der Waals surface area contributed by atoms with Crippen LogP contribution in [0.1, 0.15) is 20.7 Å². The van der Waals surface area contributed by atoms with Gasteiger partial charge in [0.2, 0.25) is 0 Å². The lowest BCUT2D eigenvalue weighted by Crippen LogP contribution is -2.14. The van der Waals surface area contributed by atoms with E-state index < -0.39 is 34.8 Å². The fourth-order valence-electron chi connectivity index (χ4n) is 1.66. The number of halogens is 2. The Labute approximate surface area is 117 Å². The molecular formula is C14H9F2NO4. The zero-order chi connectivity index (χ0) is 15.6. The topological polar surface area (TPSA) is 86.6 Å². The van der Waals surface area contributed by atoms with Crippen LogP contribution in [0.4, 0.5) is 14.5 Å². The number of aromatic hydroxyl groups is 1. The Kier molecular flexibility index (Phi) is 3.84. The highest BCUT2D eigenvalue weighted by Crippen LogP contribution is 2.22. The van der Waals surface area contributed by atoms with E-state index in [9.17, 15) is 23.5 Å². The first-order chi connectivity index (χ1) is 9.88. The van der Waals surface area contributed by atoms with E-state index in [0.29, 0.717) is 6.07 Å². The third-order valence-electron chi connectivity index (χ3n) is 2.66. The molecule has 5 nitrogen and oxygen atoms in total. The summed E-state index contributed by atoms with van der Waals surface area (Å²) in [5.74, 6) is -4.56. The van der Waals surface area contributed by atoms with Gasteiger partial charge in [0.05, 0.1) is 5.56 Å². The summed E-state index contributed by atoms with van der Waals surface area (Å²) in [6.07, 6.45) is 0. The smallest absolute Gasteiger partial charge is 0.339 e. The molecule has 0 heterocycles. The Hall–Kier alpha value is -2.96. The van der Waals surface area contributed by atoms with E-state index in [1.165, 1.54) is 6.07 Å². The van der Waals surface area contributed by atoms with Crippen LogP contribution in [0.15, 0.2) is 36.4 Å². The highest BCUT2D eigenvalue weighted by Gasteiger charge is 2.15. The average molecular weight is 293 g/mol. The summed E-state index contributed by atoms with van der Waals surface area (Å²) in [5, 5.41) is 20.4. The molecule has 2 aromatic rings. The van der Waals surface area contributed by atoms with Gasteiger partial charge in [-0.15, -0.1) is 0 Å². The van der Waals surface area contributed by atoms with Crippen molar-refractivity contribution in [2.45, 2.75) is 0 Å². The molecule has 7 heteroatoms. The standard InChI is InChI=1S/C14H9F2NO4/c15-7-1-3-9(11(16)5-7)13(19)17-8-2-4-12(18)10(6-8)14(20)21/h1-6,18H,(H,17,19)(H,20,21). The van der Waals surface area contributed by atoms with E-state index in [1.807, 2.05) is 0 Å². The van der Waals surface area contributed by atoms with Gasteiger partial charge in [0.1, 0.15) is 22.9 Å². The molecular weight excluding hydrogens is 284 g/mol. The van der Waals surface area contributed by atoms with Crippen LogP contribution in [0.5, 0.6) is 5.75 Å². The van der Waals surface area contributed by atoms with Crippen LogP contribution < -0.4 is 5.32 Å². The van der Waals surface area contributed by atoms with Crippen LogP contribution in [-0.4, -0.2) is 22.1 Å². The summed E-state index contributed by atoms with van der Waals surface area (Å²) in [7, 11) is 0. The summed E-state index contributed by atoms with van der Waals surface area (Å²) in [6, 6.07) is 5.82. The van der Waals surface area contributed by atoms with Crippen LogP contribution >= 0.6 is 0 Å². The molecule has 0 radical (unpaired) electrons. The number of carbonyl (C=O) groups excluding carboxylic acids is 1. The molecule has 0 unspecified atom stereocenters. The number of anilines is 1. The summed E-state index contributed by atoms with van der Waals surface area (Å²) in [5.41, 5.74) is -0.743. The minimum atomic E-state index is -1.38. The normalized spacial score (nSPS) is 10.2. The van der Waals surface area contributed by atoms with Crippen molar-refractivity contribution >= 4 is 17.6 Å². The Bertz CT molecular complexity index is 731. The number of carbonyl (C=O) groups is 2. The highest BCUT2D eigenvalue weighted by atomic mass is 19.1. The van der Waals surface area contributed by atoms with Crippen LogP contribution in [0.25, 0.3) is 0 Å². The number of hydrogen-bond acceptors (Lipinski definition) is 3. The zero-order valence-corrected chi connectivity index (χ0v) is 10.4. The molecule has 0 saturated carbocycles. The van der Waals surface area contributed by atoms with E-state index in [4.69, 9.17) is 5.11 Å². The van der Waals surface area contributed by atoms with Crippen molar-refractivity contribution in [3.8, 4) is 5.75 Å². The minimum Gasteiger partial charge on any atom is -0.507 e. The number of hydrogen-bond donors (Lipinski definition) is 3. The second-order valence-electron chi connectivity index (χ2n) is 4.12. The fraction of sp³-hybridized carbons (Fsp3) is 0. The van der Waals surface area contributed by atoms with Crippen molar-refractivity contribution < 1.29 is 28.6 Å². The molecule has 1 amide bonds. The molecule has 21 heavy (non-hydrogen) atoms. The van der Waals surface area contributed by atoms with E-state index >= 15 is 0 Å². The van der Waals surface area contributed by atoms with Crippen LogP contribution in [0.2, 0.25) is 0 Å². The molecule has 3 N–H and O–H groups in total. The molecule has 0 bridgehead atoms. The zero-order valence-electron chi connectivity index (χ0n) is 10.4. The van der Waals surface area contributed by atoms with Gasteiger partial charge < -0.3 is 15.5 Å². The maximum absolute atomic E-state index is 13.4. The third-order valence-corrected chi connectivity index (χ3v) is 2.66. The first kappa shape index (κ1) is 14.4. The largest absolute Gasteiger partial charge is 0.507 e. The molecule has 2 aromatic carbocycles. The van der Waals surface area contributed by atoms with E-state index in [2.05, 4.69) is 5.32 Å². The number of benzene rings is 2. The van der Waals surface area contributed by atoms with E-state index in [1.54, 1.807) is 0 Å². The Morgan fingerprint density at radius 1 is 1.00 bits per heavy atom. The van der Waals surface area contributed by atoms with E-state index in [-0.39, 0.29) is 11.3 Å². The molecule has 0 fully saturated rings. The molecule has 0 aliphatic heterocycles. The van der Waals surface area contributed by atoms with Gasteiger partial charge in [0.25, 0.3) is 5.91 Å². The quantitative estimate of drug-likeness (QED) is 0.759. The Morgan fingerprint density at radius 2 is 1.71 bits per heavy atom. The number of carboxylic acid groups (broad SMARTS) is 1. The first-order valence-corrected chi connectivity index (χ1v) is 5.71. The third kappa shape index (κ3) is 3.14. The maximum Gasteiger partial charge on any atom is 0.339 e. The van der Waals surface area contributed by atoms with Gasteiger partial charge >= 0.3 is 5.97 Å². The van der Waals surface area contributed by atoms with Crippen LogP contribution in [0, 0.1) is 11.6 Å². The molecule has 0 spiro atoms. The molecule has 0 aliphatic carbocycles. The van der Waals surface area contributed by atoms with Crippen molar-refractivity contribution in [1.82, 2.24) is 0 Å². The van der Waals surface area contributed by atoms with Crippen LogP contribution in [-0.2, 0) is 0 Å². The van der Waals surface area contributed by atoms with Gasteiger partial charge in [-0.3, -0.25) is 4.79 Å². The van der Waals surface area contributed by atoms with Crippen molar-refractivity contribution in [2.75, 3.05) is 5.32 Å². The lowest BCUT2D eigenvalue weighted by molar-refractivity contribution is 0.0693. The van der Waals surface area contributed by atoms with Crippen LogP contribution in [0.3, 0.4) is 0 Å². The summed E-state index contributed by atoms with van der Waals surface area (Å²) >= 11 is 0. The summed E-state index contributed by atoms with van der Waals surface area (Å²) < 4.78 is 26.2. The molecule has 0 saturated heterocycles. The second kappa shape index (κ2) is 5.58. The number of phenols is 1. The minimum absolute atomic E-state index is 0.0546. The Balaban J connectivity index is 2.27. The van der Waals surface area contributed by atoms with Gasteiger partial charge in [-0.2, -0.15) is 0 Å². The lowest BCUT2D eigenvalue weighted by atomic mass is 10.1. The highest BCUT2D eigenvalue weighted by molar-refractivity contribution is 6.05. The number of amides is 1. The van der Waals surface area contributed by atoms with Crippen molar-refractivity contribution in [3.05, 3.63) is 59.2 Å².